The lowest BCUT2D eigenvalue weighted by atomic mass is 10.2. The van der Waals surface area contributed by atoms with Gasteiger partial charge in [0.2, 0.25) is 11.0 Å². The van der Waals surface area contributed by atoms with Crippen LogP contribution in [0.5, 0.6) is 5.75 Å². The number of carbonyl (C=O) groups is 3. The molecule has 0 aromatic heterocycles. The van der Waals surface area contributed by atoms with Crippen molar-refractivity contribution >= 4 is 28.7 Å². The SMILES string of the molecule is NC(=O)CCNC(=O)c1ccccc1SC(=O)COc1ccccc1. The van der Waals surface area contributed by atoms with Crippen LogP contribution in [0.15, 0.2) is 59.5 Å². The zero-order chi connectivity index (χ0) is 18.1. The zero-order valence-electron chi connectivity index (χ0n) is 13.4. The first kappa shape index (κ1) is 18.5. The van der Waals surface area contributed by atoms with Crippen LogP contribution < -0.4 is 15.8 Å². The van der Waals surface area contributed by atoms with E-state index in [9.17, 15) is 14.4 Å². The molecule has 0 aliphatic heterocycles. The number of carbonyl (C=O) groups excluding carboxylic acids is 3. The van der Waals surface area contributed by atoms with Gasteiger partial charge in [-0.3, -0.25) is 14.4 Å². The van der Waals surface area contributed by atoms with Crippen molar-refractivity contribution in [3.05, 3.63) is 60.2 Å². The van der Waals surface area contributed by atoms with Crippen molar-refractivity contribution in [2.24, 2.45) is 5.73 Å². The Bertz CT molecular complexity index is 750. The van der Waals surface area contributed by atoms with Crippen molar-refractivity contribution < 1.29 is 19.1 Å². The van der Waals surface area contributed by atoms with Gasteiger partial charge >= 0.3 is 0 Å². The third-order valence-corrected chi connectivity index (χ3v) is 4.03. The molecule has 0 saturated heterocycles. The summed E-state index contributed by atoms with van der Waals surface area (Å²) >= 11 is 0.941. The van der Waals surface area contributed by atoms with Crippen LogP contribution in [0.4, 0.5) is 0 Å². The number of rotatable bonds is 8. The number of primary amides is 1. The molecule has 2 rings (SSSR count). The quantitative estimate of drug-likeness (QED) is 0.703. The number of thioether (sulfide) groups is 1. The Labute approximate surface area is 149 Å². The number of nitrogens with one attached hydrogen (secondary N) is 1. The summed E-state index contributed by atoms with van der Waals surface area (Å²) in [6.07, 6.45) is 0.0604. The molecule has 0 spiro atoms. The molecule has 0 fully saturated rings. The fourth-order valence-corrected chi connectivity index (χ4v) is 2.73. The van der Waals surface area contributed by atoms with E-state index >= 15 is 0 Å². The van der Waals surface area contributed by atoms with Gasteiger partial charge in [0.05, 0.1) is 5.56 Å². The van der Waals surface area contributed by atoms with Crippen molar-refractivity contribution in [3.63, 3.8) is 0 Å². The van der Waals surface area contributed by atoms with E-state index in [1.165, 1.54) is 0 Å². The monoisotopic (exact) mass is 358 g/mol. The third kappa shape index (κ3) is 6.31. The van der Waals surface area contributed by atoms with Crippen LogP contribution in [-0.2, 0) is 9.59 Å². The standard InChI is InChI=1S/C18H18N2O4S/c19-16(21)10-11-20-18(23)14-8-4-5-9-15(14)25-17(22)12-24-13-6-2-1-3-7-13/h1-9H,10-12H2,(H2,19,21)(H,20,23). The molecule has 2 aromatic rings. The molecular weight excluding hydrogens is 340 g/mol. The molecule has 0 heterocycles. The fourth-order valence-electron chi connectivity index (χ4n) is 1.95. The zero-order valence-corrected chi connectivity index (χ0v) is 14.3. The average molecular weight is 358 g/mol. The first-order chi connectivity index (χ1) is 12.1. The van der Waals surface area contributed by atoms with E-state index in [1.54, 1.807) is 36.4 Å². The van der Waals surface area contributed by atoms with Crippen LogP contribution in [0.1, 0.15) is 16.8 Å². The lowest BCUT2D eigenvalue weighted by Crippen LogP contribution is -2.28. The molecule has 7 heteroatoms. The average Bonchev–Trinajstić information content (AvgIpc) is 2.61. The van der Waals surface area contributed by atoms with E-state index in [4.69, 9.17) is 10.5 Å². The van der Waals surface area contributed by atoms with Gasteiger partial charge in [0.1, 0.15) is 5.75 Å². The molecule has 2 amide bonds. The van der Waals surface area contributed by atoms with E-state index in [-0.39, 0.29) is 30.6 Å². The van der Waals surface area contributed by atoms with Gasteiger partial charge in [0.25, 0.3) is 5.91 Å². The highest BCUT2D eigenvalue weighted by atomic mass is 32.2. The van der Waals surface area contributed by atoms with Gasteiger partial charge in [-0.1, -0.05) is 30.3 Å². The molecule has 0 aliphatic carbocycles. The molecule has 0 radical (unpaired) electrons. The lowest BCUT2D eigenvalue weighted by Gasteiger charge is -2.09. The first-order valence-corrected chi connectivity index (χ1v) is 8.42. The van der Waals surface area contributed by atoms with Crippen molar-refractivity contribution in [1.29, 1.82) is 0 Å². The first-order valence-electron chi connectivity index (χ1n) is 7.60. The molecule has 25 heavy (non-hydrogen) atoms. The Kier molecular flexibility index (Phi) is 7.03. The lowest BCUT2D eigenvalue weighted by molar-refractivity contribution is -0.118. The van der Waals surface area contributed by atoms with E-state index in [0.29, 0.717) is 16.2 Å². The predicted octanol–water partition coefficient (Wildman–Crippen LogP) is 1.99. The van der Waals surface area contributed by atoms with Crippen LogP contribution in [-0.4, -0.2) is 30.1 Å². The summed E-state index contributed by atoms with van der Waals surface area (Å²) in [5, 5.41) is 2.39. The van der Waals surface area contributed by atoms with Crippen LogP contribution in [0, 0.1) is 0 Å². The Balaban J connectivity index is 1.93. The molecular formula is C18H18N2O4S. The van der Waals surface area contributed by atoms with E-state index in [0.717, 1.165) is 11.8 Å². The highest BCUT2D eigenvalue weighted by molar-refractivity contribution is 8.13. The van der Waals surface area contributed by atoms with Crippen molar-refractivity contribution in [2.45, 2.75) is 11.3 Å². The maximum absolute atomic E-state index is 12.2. The number of hydrogen-bond acceptors (Lipinski definition) is 5. The molecule has 0 atom stereocenters. The second kappa shape index (κ2) is 9.48. The molecule has 0 bridgehead atoms. The van der Waals surface area contributed by atoms with Gasteiger partial charge in [-0.2, -0.15) is 0 Å². The summed E-state index contributed by atoms with van der Waals surface area (Å²) < 4.78 is 5.41. The number of benzene rings is 2. The van der Waals surface area contributed by atoms with Crippen molar-refractivity contribution in [2.75, 3.05) is 13.2 Å². The summed E-state index contributed by atoms with van der Waals surface area (Å²) in [6, 6.07) is 15.8. The Morgan fingerprint density at radius 3 is 2.40 bits per heavy atom. The van der Waals surface area contributed by atoms with Gasteiger partial charge in [0.15, 0.2) is 6.61 Å². The van der Waals surface area contributed by atoms with Crippen LogP contribution in [0.2, 0.25) is 0 Å². The van der Waals surface area contributed by atoms with Crippen LogP contribution in [0.3, 0.4) is 0 Å². The van der Waals surface area contributed by atoms with Gasteiger partial charge in [-0.05, 0) is 36.0 Å². The number of amides is 2. The summed E-state index contributed by atoms with van der Waals surface area (Å²) in [6.45, 7) is 0.0462. The number of nitrogens with two attached hydrogens (primary N) is 1. The molecule has 3 N–H and O–H groups in total. The predicted molar refractivity (Wildman–Crippen MR) is 95.4 cm³/mol. The minimum Gasteiger partial charge on any atom is -0.485 e. The summed E-state index contributed by atoms with van der Waals surface area (Å²) in [5.74, 6) is -0.244. The van der Waals surface area contributed by atoms with Crippen LogP contribution >= 0.6 is 11.8 Å². The molecule has 2 aromatic carbocycles. The Morgan fingerprint density at radius 2 is 1.68 bits per heavy atom. The Morgan fingerprint density at radius 1 is 1.00 bits per heavy atom. The number of ether oxygens (including phenoxy) is 1. The van der Waals surface area contributed by atoms with E-state index in [2.05, 4.69) is 5.32 Å². The van der Waals surface area contributed by atoms with Crippen molar-refractivity contribution in [1.82, 2.24) is 5.32 Å². The minimum atomic E-state index is -0.490. The highest BCUT2D eigenvalue weighted by Gasteiger charge is 2.15. The molecule has 0 unspecified atom stereocenters. The second-order valence-electron chi connectivity index (χ2n) is 5.04. The maximum Gasteiger partial charge on any atom is 0.252 e. The van der Waals surface area contributed by atoms with Crippen LogP contribution in [0.25, 0.3) is 0 Å². The van der Waals surface area contributed by atoms with Gasteiger partial charge in [-0.25, -0.2) is 0 Å². The minimum absolute atomic E-state index is 0.0604. The number of para-hydroxylation sites is 1. The van der Waals surface area contributed by atoms with Gasteiger partial charge in [0, 0.05) is 17.9 Å². The highest BCUT2D eigenvalue weighted by Crippen LogP contribution is 2.24. The largest absolute Gasteiger partial charge is 0.485 e. The molecule has 6 nitrogen and oxygen atoms in total. The number of hydrogen-bond donors (Lipinski definition) is 2. The second-order valence-corrected chi connectivity index (χ2v) is 6.14. The molecule has 130 valence electrons. The Hall–Kier alpha value is -2.80. The maximum atomic E-state index is 12.2. The summed E-state index contributed by atoms with van der Waals surface area (Å²) in [4.78, 5) is 35.6. The summed E-state index contributed by atoms with van der Waals surface area (Å²) in [7, 11) is 0. The topological polar surface area (TPSA) is 98.5 Å². The van der Waals surface area contributed by atoms with E-state index < -0.39 is 5.91 Å². The fraction of sp³-hybridized carbons (Fsp3) is 0.167. The van der Waals surface area contributed by atoms with E-state index in [1.807, 2.05) is 18.2 Å². The third-order valence-electron chi connectivity index (χ3n) is 3.11. The molecule has 0 saturated carbocycles. The normalized spacial score (nSPS) is 10.1. The van der Waals surface area contributed by atoms with Gasteiger partial charge < -0.3 is 15.8 Å². The smallest absolute Gasteiger partial charge is 0.252 e. The van der Waals surface area contributed by atoms with Gasteiger partial charge in [-0.15, -0.1) is 0 Å². The molecule has 0 aliphatic rings. The van der Waals surface area contributed by atoms with Crippen molar-refractivity contribution in [3.8, 4) is 5.75 Å². The summed E-state index contributed by atoms with van der Waals surface area (Å²) in [5.41, 5.74) is 5.41.